The number of benzene rings is 1. The highest BCUT2D eigenvalue weighted by Crippen LogP contribution is 2.42. The third kappa shape index (κ3) is 5.48. The minimum atomic E-state index is 0.328. The lowest BCUT2D eigenvalue weighted by molar-refractivity contribution is 0.407. The van der Waals surface area contributed by atoms with E-state index in [-0.39, 0.29) is 0 Å². The van der Waals surface area contributed by atoms with Crippen molar-refractivity contribution in [2.24, 2.45) is 11.8 Å². The van der Waals surface area contributed by atoms with Gasteiger partial charge >= 0.3 is 0 Å². The van der Waals surface area contributed by atoms with Crippen LogP contribution in [0.4, 0.5) is 0 Å². The molecule has 1 aliphatic carbocycles. The summed E-state index contributed by atoms with van der Waals surface area (Å²) in [5.74, 6) is 1.13. The van der Waals surface area contributed by atoms with E-state index in [1.807, 2.05) is 11.8 Å². The first-order chi connectivity index (χ1) is 14.0. The van der Waals surface area contributed by atoms with Gasteiger partial charge in [-0.25, -0.2) is 0 Å². The standard InChI is InChI=1S/C26H34N2S/c1-19(15-16-23-12-10-9-11-20(2)21(23)3)17-27-22(4)25-18-29-26(28(25)5)24-13-7-6-8-14-24/h6-14,18-20,26-27H,4,15-17H2,1-3,5H3. The number of likely N-dealkylation sites (N-methyl/N-ethyl adjacent to an activating group) is 1. The summed E-state index contributed by atoms with van der Waals surface area (Å²) in [7, 11) is 2.16. The summed E-state index contributed by atoms with van der Waals surface area (Å²) in [6.45, 7) is 12.1. The third-order valence-electron chi connectivity index (χ3n) is 6.00. The van der Waals surface area contributed by atoms with Crippen LogP contribution in [0.3, 0.4) is 0 Å². The monoisotopic (exact) mass is 406 g/mol. The minimum absolute atomic E-state index is 0.328. The molecule has 3 rings (SSSR count). The molecule has 0 fully saturated rings. The Morgan fingerprint density at radius 1 is 1.24 bits per heavy atom. The molecule has 1 N–H and O–H groups in total. The smallest absolute Gasteiger partial charge is 0.104 e. The van der Waals surface area contributed by atoms with Crippen LogP contribution in [0.5, 0.6) is 0 Å². The summed E-state index contributed by atoms with van der Waals surface area (Å²) in [6, 6.07) is 10.7. The Bertz CT molecular complexity index is 832. The van der Waals surface area contributed by atoms with Gasteiger partial charge in [0.25, 0.3) is 0 Å². The predicted octanol–water partition coefficient (Wildman–Crippen LogP) is 6.80. The summed E-state index contributed by atoms with van der Waals surface area (Å²) in [4.78, 5) is 2.32. The molecule has 1 heterocycles. The largest absolute Gasteiger partial charge is 0.384 e. The number of nitrogens with one attached hydrogen (secondary N) is 1. The van der Waals surface area contributed by atoms with Gasteiger partial charge in [-0.05, 0) is 48.1 Å². The van der Waals surface area contributed by atoms with Gasteiger partial charge in [-0.3, -0.25) is 0 Å². The molecule has 0 spiro atoms. The highest BCUT2D eigenvalue weighted by atomic mass is 32.2. The fourth-order valence-corrected chi connectivity index (χ4v) is 4.95. The van der Waals surface area contributed by atoms with Crippen LogP contribution in [0.15, 0.2) is 89.2 Å². The maximum atomic E-state index is 4.31. The van der Waals surface area contributed by atoms with Crippen LogP contribution in [0, 0.1) is 11.8 Å². The van der Waals surface area contributed by atoms with Crippen LogP contribution in [0.1, 0.15) is 44.6 Å². The van der Waals surface area contributed by atoms with E-state index in [0.29, 0.717) is 17.2 Å². The van der Waals surface area contributed by atoms with Crippen LogP contribution in [0.25, 0.3) is 0 Å². The molecule has 154 valence electrons. The lowest BCUT2D eigenvalue weighted by atomic mass is 9.93. The van der Waals surface area contributed by atoms with Crippen molar-refractivity contribution < 1.29 is 0 Å². The molecule has 0 bridgehead atoms. The molecule has 3 heteroatoms. The first kappa shape index (κ1) is 21.6. The molecule has 0 amide bonds. The van der Waals surface area contributed by atoms with Crippen molar-refractivity contribution in [3.63, 3.8) is 0 Å². The molecule has 2 aliphatic rings. The molecule has 1 aliphatic heterocycles. The third-order valence-corrected chi connectivity index (χ3v) is 7.21. The summed E-state index contributed by atoms with van der Waals surface area (Å²) in [5.41, 5.74) is 6.54. The molecule has 0 aromatic heterocycles. The lowest BCUT2D eigenvalue weighted by Crippen LogP contribution is -2.27. The molecule has 0 saturated carbocycles. The van der Waals surface area contributed by atoms with E-state index in [1.165, 1.54) is 28.8 Å². The summed E-state index contributed by atoms with van der Waals surface area (Å²) < 4.78 is 0. The Hall–Kier alpha value is -2.13. The molecule has 1 aromatic rings. The van der Waals surface area contributed by atoms with Gasteiger partial charge in [-0.1, -0.05) is 80.6 Å². The second-order valence-electron chi connectivity index (χ2n) is 8.26. The van der Waals surface area contributed by atoms with Gasteiger partial charge in [-0.15, -0.1) is 11.8 Å². The fraction of sp³-hybridized carbons (Fsp3) is 0.385. The predicted molar refractivity (Wildman–Crippen MR) is 128 cm³/mol. The Balaban J connectivity index is 1.47. The van der Waals surface area contributed by atoms with Gasteiger partial charge in [0.2, 0.25) is 0 Å². The Morgan fingerprint density at radius 3 is 2.76 bits per heavy atom. The second-order valence-corrected chi connectivity index (χ2v) is 9.21. The Labute approximate surface area is 181 Å². The number of rotatable bonds is 8. The summed E-state index contributed by atoms with van der Waals surface area (Å²) >= 11 is 1.85. The Kier molecular flexibility index (Phi) is 7.49. The Morgan fingerprint density at radius 2 is 2.00 bits per heavy atom. The highest BCUT2D eigenvalue weighted by molar-refractivity contribution is 8.02. The van der Waals surface area contributed by atoms with E-state index in [4.69, 9.17) is 0 Å². The van der Waals surface area contributed by atoms with Crippen LogP contribution in [-0.2, 0) is 0 Å². The molecule has 1 aromatic carbocycles. The normalized spacial score (nSPS) is 22.5. The van der Waals surface area contributed by atoms with E-state index in [1.54, 1.807) is 0 Å². The van der Waals surface area contributed by atoms with E-state index in [9.17, 15) is 0 Å². The van der Waals surface area contributed by atoms with E-state index < -0.39 is 0 Å². The minimum Gasteiger partial charge on any atom is -0.384 e. The molecule has 2 nitrogen and oxygen atoms in total. The number of hydrogen-bond acceptors (Lipinski definition) is 3. The number of allylic oxidation sites excluding steroid dienone is 6. The van der Waals surface area contributed by atoms with Gasteiger partial charge in [0.05, 0.1) is 11.4 Å². The van der Waals surface area contributed by atoms with Crippen molar-refractivity contribution in [2.45, 2.75) is 39.0 Å². The summed E-state index contributed by atoms with van der Waals surface area (Å²) in [5, 5.41) is 6.14. The zero-order valence-electron chi connectivity index (χ0n) is 18.2. The molecule has 29 heavy (non-hydrogen) atoms. The topological polar surface area (TPSA) is 15.3 Å². The molecule has 0 saturated heterocycles. The van der Waals surface area contributed by atoms with Crippen molar-refractivity contribution >= 4 is 11.8 Å². The number of hydrogen-bond donors (Lipinski definition) is 1. The molecule has 3 atom stereocenters. The highest BCUT2D eigenvalue weighted by Gasteiger charge is 2.26. The van der Waals surface area contributed by atoms with Crippen LogP contribution >= 0.6 is 11.8 Å². The maximum Gasteiger partial charge on any atom is 0.104 e. The maximum absolute atomic E-state index is 4.31. The zero-order chi connectivity index (χ0) is 20.8. The average Bonchev–Trinajstić information content (AvgIpc) is 3.04. The first-order valence-corrected chi connectivity index (χ1v) is 11.5. The van der Waals surface area contributed by atoms with Gasteiger partial charge in [0, 0.05) is 13.6 Å². The quantitative estimate of drug-likeness (QED) is 0.511. The van der Waals surface area contributed by atoms with Crippen molar-refractivity contribution in [1.29, 1.82) is 0 Å². The van der Waals surface area contributed by atoms with E-state index >= 15 is 0 Å². The average molecular weight is 407 g/mol. The summed E-state index contributed by atoms with van der Waals surface area (Å²) in [6.07, 6.45) is 11.2. The lowest BCUT2D eigenvalue weighted by Gasteiger charge is -2.26. The first-order valence-electron chi connectivity index (χ1n) is 10.6. The zero-order valence-corrected chi connectivity index (χ0v) is 19.0. The van der Waals surface area contributed by atoms with E-state index in [2.05, 4.69) is 105 Å². The van der Waals surface area contributed by atoms with Gasteiger partial charge < -0.3 is 10.2 Å². The van der Waals surface area contributed by atoms with Crippen molar-refractivity contribution in [3.05, 3.63) is 94.7 Å². The fourth-order valence-electron chi connectivity index (χ4n) is 3.78. The molecule has 0 radical (unpaired) electrons. The van der Waals surface area contributed by atoms with Crippen molar-refractivity contribution in [3.8, 4) is 0 Å². The number of nitrogens with zero attached hydrogens (tertiary/aromatic N) is 1. The molecular formula is C26H34N2S. The van der Waals surface area contributed by atoms with Crippen LogP contribution < -0.4 is 5.32 Å². The van der Waals surface area contributed by atoms with E-state index in [0.717, 1.165) is 18.7 Å². The van der Waals surface area contributed by atoms with Crippen LogP contribution in [0.2, 0.25) is 0 Å². The van der Waals surface area contributed by atoms with Gasteiger partial charge in [-0.2, -0.15) is 0 Å². The molecular weight excluding hydrogens is 372 g/mol. The number of thioether (sulfide) groups is 1. The molecule has 3 unspecified atom stereocenters. The van der Waals surface area contributed by atoms with Gasteiger partial charge in [0.1, 0.15) is 5.37 Å². The van der Waals surface area contributed by atoms with Crippen LogP contribution in [-0.4, -0.2) is 18.5 Å². The van der Waals surface area contributed by atoms with Crippen molar-refractivity contribution in [1.82, 2.24) is 10.2 Å². The SMILES string of the molecule is C=C(NCC(C)CCC1=C(C)C(C)C=CC=C1)C1=CSC(c2ccccc2)N1C. The second kappa shape index (κ2) is 10.1. The van der Waals surface area contributed by atoms with Crippen molar-refractivity contribution in [2.75, 3.05) is 13.6 Å². The van der Waals surface area contributed by atoms with Gasteiger partial charge in [0.15, 0.2) is 0 Å².